The molecule has 1 aliphatic carbocycles. The monoisotopic (exact) mass is 418 g/mol. The van der Waals surface area contributed by atoms with Gasteiger partial charge in [0, 0.05) is 16.6 Å². The summed E-state index contributed by atoms with van der Waals surface area (Å²) in [6.07, 6.45) is 2.88. The van der Waals surface area contributed by atoms with E-state index in [1.807, 2.05) is 31.2 Å². The number of amides is 1. The zero-order valence-corrected chi connectivity index (χ0v) is 17.5. The molecule has 1 heterocycles. The number of benzene rings is 3. The Morgan fingerprint density at radius 2 is 1.83 bits per heavy atom. The van der Waals surface area contributed by atoms with Crippen molar-refractivity contribution in [1.82, 2.24) is 16.3 Å². The highest BCUT2D eigenvalue weighted by Gasteiger charge is 2.31. The fraction of sp³-hybridized carbons (Fsp3) is 0.250. The molecule has 2 unspecified atom stereocenters. The lowest BCUT2D eigenvalue weighted by Crippen LogP contribution is -2.41. The van der Waals surface area contributed by atoms with E-state index < -0.39 is 0 Å². The summed E-state index contributed by atoms with van der Waals surface area (Å²) in [7, 11) is 0. The zero-order chi connectivity index (χ0) is 20.7. The average molecular weight is 419 g/mol. The molecule has 0 aromatic heterocycles. The Morgan fingerprint density at radius 3 is 2.67 bits per heavy atom. The summed E-state index contributed by atoms with van der Waals surface area (Å²) in [5.41, 5.74) is 14.7. The second-order valence-corrected chi connectivity index (χ2v) is 8.34. The molecule has 30 heavy (non-hydrogen) atoms. The smallest absolute Gasteiger partial charge is 0.258 e. The van der Waals surface area contributed by atoms with Gasteiger partial charge in [0.25, 0.3) is 5.91 Å². The molecule has 3 N–H and O–H groups in total. The Bertz CT molecular complexity index is 1160. The number of hydrazine groups is 1. The van der Waals surface area contributed by atoms with Gasteiger partial charge in [-0.05, 0) is 59.7 Å². The summed E-state index contributed by atoms with van der Waals surface area (Å²) in [5, 5.41) is 7.54. The molecule has 1 saturated heterocycles. The summed E-state index contributed by atoms with van der Waals surface area (Å²) in [6.45, 7) is 1.83. The second-order valence-electron chi connectivity index (χ2n) is 7.94. The number of hydrogen-bond acceptors (Lipinski definition) is 4. The number of hydrogen-bond donors (Lipinski definition) is 3. The van der Waals surface area contributed by atoms with Crippen LogP contribution in [-0.4, -0.2) is 17.7 Å². The van der Waals surface area contributed by atoms with E-state index in [0.29, 0.717) is 17.2 Å². The number of halogens is 1. The normalized spacial score (nSPS) is 20.7. The van der Waals surface area contributed by atoms with Crippen molar-refractivity contribution >= 4 is 34.0 Å². The van der Waals surface area contributed by atoms with Crippen molar-refractivity contribution in [3.05, 3.63) is 81.9 Å². The summed E-state index contributed by atoms with van der Waals surface area (Å²) in [4.78, 5) is 12.7. The lowest BCUT2D eigenvalue weighted by Gasteiger charge is -2.14. The van der Waals surface area contributed by atoms with Crippen molar-refractivity contribution in [2.75, 3.05) is 0 Å². The zero-order valence-electron chi connectivity index (χ0n) is 16.7. The van der Waals surface area contributed by atoms with E-state index >= 15 is 0 Å². The minimum absolute atomic E-state index is 0.0688. The molecule has 1 amide bonds. The highest BCUT2D eigenvalue weighted by molar-refractivity contribution is 6.34. The molecule has 2 aliphatic rings. The van der Waals surface area contributed by atoms with Crippen LogP contribution in [-0.2, 0) is 17.6 Å². The maximum Gasteiger partial charge on any atom is 0.258 e. The predicted octanol–water partition coefficient (Wildman–Crippen LogP) is 4.04. The first-order valence-electron chi connectivity index (χ1n) is 10.3. The van der Waals surface area contributed by atoms with Gasteiger partial charge in [-0.2, -0.15) is 5.10 Å². The van der Waals surface area contributed by atoms with Crippen LogP contribution >= 0.6 is 11.6 Å². The Balaban J connectivity index is 1.31. The topological polar surface area (TPSA) is 65.5 Å². The van der Waals surface area contributed by atoms with Gasteiger partial charge in [-0.15, -0.1) is 0 Å². The number of nitrogens with zero attached hydrogens (tertiary/aromatic N) is 1. The number of hydrazone groups is 1. The molecule has 3 aromatic rings. The largest absolute Gasteiger partial charge is 0.271 e. The first-order chi connectivity index (χ1) is 14.6. The van der Waals surface area contributed by atoms with Crippen LogP contribution in [0.1, 0.15) is 41.6 Å². The molecule has 5 rings (SSSR count). The minimum Gasteiger partial charge on any atom is -0.271 e. The Labute approximate surface area is 180 Å². The summed E-state index contributed by atoms with van der Waals surface area (Å²) < 4.78 is 0. The van der Waals surface area contributed by atoms with E-state index in [1.54, 1.807) is 0 Å². The van der Waals surface area contributed by atoms with E-state index in [1.165, 1.54) is 27.5 Å². The van der Waals surface area contributed by atoms with Gasteiger partial charge in [0.2, 0.25) is 0 Å². The molecule has 0 bridgehead atoms. The fourth-order valence-electron chi connectivity index (χ4n) is 4.54. The van der Waals surface area contributed by atoms with Gasteiger partial charge in [0.1, 0.15) is 6.04 Å². The average Bonchev–Trinajstić information content (AvgIpc) is 3.41. The third kappa shape index (κ3) is 3.39. The van der Waals surface area contributed by atoms with Crippen LogP contribution in [0.15, 0.2) is 59.7 Å². The summed E-state index contributed by atoms with van der Waals surface area (Å²) >= 11 is 6.21. The number of nitrogens with one attached hydrogen (secondary N) is 3. The van der Waals surface area contributed by atoms with Gasteiger partial charge in [0.05, 0.1) is 5.71 Å². The first kappa shape index (κ1) is 19.2. The number of carbonyl (C=O) groups is 1. The van der Waals surface area contributed by atoms with Crippen LogP contribution in [0.2, 0.25) is 5.02 Å². The maximum absolute atomic E-state index is 12.7. The third-order valence-electron chi connectivity index (χ3n) is 6.10. The third-order valence-corrected chi connectivity index (χ3v) is 6.43. The van der Waals surface area contributed by atoms with Crippen LogP contribution in [0.25, 0.3) is 10.8 Å². The Hall–Kier alpha value is -2.73. The summed E-state index contributed by atoms with van der Waals surface area (Å²) in [5.74, 6) is -0.165. The van der Waals surface area contributed by atoms with Gasteiger partial charge in [-0.3, -0.25) is 4.79 Å². The van der Waals surface area contributed by atoms with Crippen molar-refractivity contribution in [2.45, 2.75) is 38.3 Å². The van der Waals surface area contributed by atoms with Gasteiger partial charge >= 0.3 is 0 Å². The van der Waals surface area contributed by atoms with Crippen molar-refractivity contribution in [1.29, 1.82) is 0 Å². The van der Waals surface area contributed by atoms with E-state index in [2.05, 4.69) is 51.7 Å². The van der Waals surface area contributed by atoms with E-state index in [-0.39, 0.29) is 18.0 Å². The van der Waals surface area contributed by atoms with Crippen LogP contribution in [0.5, 0.6) is 0 Å². The Kier molecular flexibility index (Phi) is 5.03. The minimum atomic E-state index is -0.360. The van der Waals surface area contributed by atoms with Crippen molar-refractivity contribution in [3.63, 3.8) is 0 Å². The van der Waals surface area contributed by atoms with Crippen molar-refractivity contribution in [2.24, 2.45) is 5.10 Å². The fourth-order valence-corrected chi connectivity index (χ4v) is 4.81. The maximum atomic E-state index is 12.7. The molecule has 0 spiro atoms. The molecule has 3 aromatic carbocycles. The highest BCUT2D eigenvalue weighted by Crippen LogP contribution is 2.36. The van der Waals surface area contributed by atoms with Gasteiger partial charge in [-0.25, -0.2) is 16.3 Å². The SMILES string of the molecule is C/C(=N\NC(=O)C1CC(c2ccc3c4c(cccc24)CC3)NN1)c1ccccc1Cl. The Morgan fingerprint density at radius 1 is 1.03 bits per heavy atom. The van der Waals surface area contributed by atoms with Crippen LogP contribution in [0.3, 0.4) is 0 Å². The molecular weight excluding hydrogens is 396 g/mol. The van der Waals surface area contributed by atoms with Crippen molar-refractivity contribution < 1.29 is 4.79 Å². The summed E-state index contributed by atoms with van der Waals surface area (Å²) in [6, 6.07) is 18.1. The second kappa shape index (κ2) is 7.84. The molecule has 1 aliphatic heterocycles. The molecule has 0 saturated carbocycles. The molecule has 6 heteroatoms. The van der Waals surface area contributed by atoms with Crippen LogP contribution < -0.4 is 16.3 Å². The van der Waals surface area contributed by atoms with Gasteiger partial charge in [0.15, 0.2) is 0 Å². The number of rotatable bonds is 4. The number of aryl methyl sites for hydroxylation is 2. The molecular formula is C24H23ClN4O. The molecule has 152 valence electrons. The number of carbonyl (C=O) groups excluding carboxylic acids is 1. The van der Waals surface area contributed by atoms with Crippen LogP contribution in [0.4, 0.5) is 0 Å². The van der Waals surface area contributed by atoms with Crippen LogP contribution in [0, 0.1) is 0 Å². The van der Waals surface area contributed by atoms with Gasteiger partial charge < -0.3 is 0 Å². The molecule has 1 fully saturated rings. The highest BCUT2D eigenvalue weighted by atomic mass is 35.5. The molecule has 2 atom stereocenters. The first-order valence-corrected chi connectivity index (χ1v) is 10.6. The lowest BCUT2D eigenvalue weighted by molar-refractivity contribution is -0.122. The molecule has 5 nitrogen and oxygen atoms in total. The lowest BCUT2D eigenvalue weighted by atomic mass is 9.93. The quantitative estimate of drug-likeness (QED) is 0.442. The molecule has 0 radical (unpaired) electrons. The van der Waals surface area contributed by atoms with Gasteiger partial charge in [-0.1, -0.05) is 60.1 Å². The van der Waals surface area contributed by atoms with E-state index in [0.717, 1.165) is 18.4 Å². The predicted molar refractivity (Wildman–Crippen MR) is 121 cm³/mol. The standard InChI is InChI=1S/C24H23ClN4O/c1-14(17-6-2-3-8-20(17)25)26-29-24(30)22-13-21(27-28-22)18-12-11-16-10-9-15-5-4-7-19(18)23(15)16/h2-8,11-12,21-22,27-28H,9-10,13H2,1H3,(H,29,30)/b26-14+. The van der Waals surface area contributed by atoms with E-state index in [4.69, 9.17) is 11.6 Å². The van der Waals surface area contributed by atoms with E-state index in [9.17, 15) is 4.79 Å². The van der Waals surface area contributed by atoms with Crippen molar-refractivity contribution in [3.8, 4) is 0 Å².